The van der Waals surface area contributed by atoms with Crippen LogP contribution in [0.15, 0.2) is 60.7 Å². The number of carbonyl (C=O) groups excluding carboxylic acids is 2. The second-order valence-electron chi connectivity index (χ2n) is 7.84. The maximum Gasteiger partial charge on any atom is 0.338 e. The van der Waals surface area contributed by atoms with Crippen molar-refractivity contribution in [3.05, 3.63) is 71.8 Å². The van der Waals surface area contributed by atoms with Crippen LogP contribution in [0, 0.1) is 0 Å². The van der Waals surface area contributed by atoms with Gasteiger partial charge in [0.25, 0.3) is 0 Å². The predicted octanol–water partition coefficient (Wildman–Crippen LogP) is 2.31. The van der Waals surface area contributed by atoms with Gasteiger partial charge in [0.05, 0.1) is 11.1 Å². The number of aliphatic hydroxyl groups excluding tert-OH is 1. The van der Waals surface area contributed by atoms with E-state index in [4.69, 9.17) is 23.7 Å². The molecule has 0 bridgehead atoms. The van der Waals surface area contributed by atoms with Crippen LogP contribution in [-0.4, -0.2) is 60.1 Å². The lowest BCUT2D eigenvalue weighted by Crippen LogP contribution is -2.45. The average Bonchev–Trinajstić information content (AvgIpc) is 3.25. The molecule has 1 N–H and O–H groups in total. The largest absolute Gasteiger partial charge is 0.459 e. The summed E-state index contributed by atoms with van der Waals surface area (Å²) in [6.45, 7) is 3.09. The van der Waals surface area contributed by atoms with Gasteiger partial charge >= 0.3 is 11.9 Å². The number of aliphatic hydroxyl groups is 1. The van der Waals surface area contributed by atoms with Gasteiger partial charge < -0.3 is 28.8 Å². The molecule has 0 unspecified atom stereocenters. The molecule has 0 amide bonds. The normalized spacial score (nSPS) is 27.3. The van der Waals surface area contributed by atoms with Gasteiger partial charge in [-0.05, 0) is 38.1 Å². The van der Waals surface area contributed by atoms with Crippen LogP contribution in [0.25, 0.3) is 0 Å². The molecule has 0 saturated carbocycles. The Morgan fingerprint density at radius 2 is 1.55 bits per heavy atom. The number of esters is 2. The van der Waals surface area contributed by atoms with E-state index in [1.165, 1.54) is 0 Å². The first-order chi connectivity index (χ1) is 14.8. The van der Waals surface area contributed by atoms with Gasteiger partial charge in [0.2, 0.25) is 0 Å². The van der Waals surface area contributed by atoms with Gasteiger partial charge in [-0.15, -0.1) is 0 Å². The van der Waals surface area contributed by atoms with Crippen LogP contribution in [0.1, 0.15) is 34.6 Å². The van der Waals surface area contributed by atoms with Crippen molar-refractivity contribution in [2.75, 3.05) is 6.61 Å². The summed E-state index contributed by atoms with van der Waals surface area (Å²) in [5.41, 5.74) is 0.715. The lowest BCUT2D eigenvalue weighted by molar-refractivity contribution is -0.227. The fraction of sp³-hybridized carbons (Fsp3) is 0.391. The van der Waals surface area contributed by atoms with E-state index in [2.05, 4.69) is 0 Å². The Hall–Kier alpha value is -2.78. The van der Waals surface area contributed by atoms with E-state index < -0.39 is 48.4 Å². The van der Waals surface area contributed by atoms with Crippen LogP contribution in [-0.2, 0) is 23.7 Å². The van der Waals surface area contributed by atoms with E-state index in [0.29, 0.717) is 11.1 Å². The van der Waals surface area contributed by atoms with Crippen molar-refractivity contribution in [3.63, 3.8) is 0 Å². The molecular formula is C23H24O8. The summed E-state index contributed by atoms with van der Waals surface area (Å²) < 4.78 is 28.2. The summed E-state index contributed by atoms with van der Waals surface area (Å²) in [6.07, 6.45) is -4.77. The van der Waals surface area contributed by atoms with Crippen molar-refractivity contribution >= 4 is 11.9 Å². The lowest BCUT2D eigenvalue weighted by Gasteiger charge is -2.28. The molecule has 2 heterocycles. The molecule has 2 aromatic rings. The second kappa shape index (κ2) is 8.76. The van der Waals surface area contributed by atoms with Crippen molar-refractivity contribution in [1.82, 2.24) is 0 Å². The highest BCUT2D eigenvalue weighted by atomic mass is 16.8. The third-order valence-electron chi connectivity index (χ3n) is 5.05. The molecule has 0 aliphatic carbocycles. The Morgan fingerprint density at radius 3 is 2.16 bits per heavy atom. The fourth-order valence-electron chi connectivity index (χ4n) is 3.63. The molecule has 164 valence electrons. The first kappa shape index (κ1) is 21.5. The third kappa shape index (κ3) is 4.77. The standard InChI is InChI=1S/C23H24O8/c1-23(2)30-19-18(28-21(26)15-11-7-4-8-12-15)17(29-22(19)31-23)16(24)13-27-20(25)14-9-5-3-6-10-14/h3-12,16-19,22,24H,13H2,1-2H3/t16-,17+,18-,19+,22+/m0/s1. The molecule has 0 radical (unpaired) electrons. The number of benzene rings is 2. The number of hydrogen-bond acceptors (Lipinski definition) is 8. The number of fused-ring (bicyclic) bond motifs is 1. The Labute approximate surface area is 179 Å². The summed E-state index contributed by atoms with van der Waals surface area (Å²) in [7, 11) is 0. The second-order valence-corrected chi connectivity index (χ2v) is 7.84. The molecule has 5 atom stereocenters. The lowest BCUT2D eigenvalue weighted by atomic mass is 10.1. The van der Waals surface area contributed by atoms with E-state index >= 15 is 0 Å². The zero-order chi connectivity index (χ0) is 22.0. The van der Waals surface area contributed by atoms with Crippen LogP contribution < -0.4 is 0 Å². The maximum atomic E-state index is 12.6. The van der Waals surface area contributed by atoms with Crippen molar-refractivity contribution in [2.24, 2.45) is 0 Å². The van der Waals surface area contributed by atoms with Gasteiger partial charge in [0.15, 0.2) is 24.3 Å². The molecule has 4 rings (SSSR count). The molecule has 8 heteroatoms. The van der Waals surface area contributed by atoms with Crippen LogP contribution in [0.5, 0.6) is 0 Å². The van der Waals surface area contributed by atoms with Crippen LogP contribution >= 0.6 is 0 Å². The molecule has 31 heavy (non-hydrogen) atoms. The van der Waals surface area contributed by atoms with E-state index in [-0.39, 0.29) is 6.61 Å². The predicted molar refractivity (Wildman–Crippen MR) is 107 cm³/mol. The van der Waals surface area contributed by atoms with E-state index in [0.717, 1.165) is 0 Å². The SMILES string of the molecule is CC1(C)O[C@H]2O[C@H]([C@@H](O)COC(=O)c3ccccc3)[C@H](OC(=O)c3ccccc3)[C@H]2O1. The molecule has 2 aliphatic rings. The van der Waals surface area contributed by atoms with Gasteiger partial charge in [-0.3, -0.25) is 0 Å². The van der Waals surface area contributed by atoms with Crippen LogP contribution in [0.2, 0.25) is 0 Å². The van der Waals surface area contributed by atoms with E-state index in [9.17, 15) is 14.7 Å². The first-order valence-electron chi connectivity index (χ1n) is 10.0. The summed E-state index contributed by atoms with van der Waals surface area (Å²) in [5.74, 6) is -2.09. The summed E-state index contributed by atoms with van der Waals surface area (Å²) in [6, 6.07) is 16.9. The zero-order valence-electron chi connectivity index (χ0n) is 17.2. The van der Waals surface area contributed by atoms with E-state index in [1.807, 2.05) is 0 Å². The Morgan fingerprint density at radius 1 is 0.968 bits per heavy atom. The molecule has 0 aromatic heterocycles. The van der Waals surface area contributed by atoms with Crippen molar-refractivity contribution in [1.29, 1.82) is 0 Å². The highest BCUT2D eigenvalue weighted by Gasteiger charge is 2.58. The molecule has 2 aromatic carbocycles. The van der Waals surface area contributed by atoms with Crippen molar-refractivity contribution in [3.8, 4) is 0 Å². The van der Waals surface area contributed by atoms with Crippen LogP contribution in [0.4, 0.5) is 0 Å². The number of carbonyl (C=O) groups is 2. The van der Waals surface area contributed by atoms with Gasteiger partial charge in [0, 0.05) is 0 Å². The minimum atomic E-state index is -1.26. The Bertz CT molecular complexity index is 914. The first-order valence-corrected chi connectivity index (χ1v) is 10.0. The minimum absolute atomic E-state index is 0.347. The highest BCUT2D eigenvalue weighted by molar-refractivity contribution is 5.89. The van der Waals surface area contributed by atoms with Gasteiger partial charge in [-0.2, -0.15) is 0 Å². The Kier molecular flexibility index (Phi) is 6.06. The third-order valence-corrected chi connectivity index (χ3v) is 5.05. The fourth-order valence-corrected chi connectivity index (χ4v) is 3.63. The number of rotatable bonds is 6. The molecule has 2 aliphatic heterocycles. The average molecular weight is 428 g/mol. The molecule has 0 spiro atoms. The summed E-state index contributed by atoms with van der Waals surface area (Å²) >= 11 is 0. The number of ether oxygens (including phenoxy) is 5. The minimum Gasteiger partial charge on any atom is -0.459 e. The van der Waals surface area contributed by atoms with Crippen molar-refractivity contribution < 1.29 is 38.4 Å². The molecular weight excluding hydrogens is 404 g/mol. The van der Waals surface area contributed by atoms with Gasteiger partial charge in [0.1, 0.15) is 18.8 Å². The topological polar surface area (TPSA) is 101 Å². The zero-order valence-corrected chi connectivity index (χ0v) is 17.2. The summed E-state index contributed by atoms with van der Waals surface area (Å²) in [5, 5.41) is 10.7. The smallest absolute Gasteiger partial charge is 0.338 e. The van der Waals surface area contributed by atoms with Gasteiger partial charge in [-0.1, -0.05) is 36.4 Å². The van der Waals surface area contributed by atoms with E-state index in [1.54, 1.807) is 74.5 Å². The maximum absolute atomic E-state index is 12.6. The molecule has 8 nitrogen and oxygen atoms in total. The Balaban J connectivity index is 1.45. The highest BCUT2D eigenvalue weighted by Crippen LogP contribution is 2.40. The van der Waals surface area contributed by atoms with Crippen molar-refractivity contribution in [2.45, 2.75) is 50.3 Å². The monoisotopic (exact) mass is 428 g/mol. The van der Waals surface area contributed by atoms with Gasteiger partial charge in [-0.25, -0.2) is 9.59 Å². The quantitative estimate of drug-likeness (QED) is 0.700. The molecule has 2 fully saturated rings. The van der Waals surface area contributed by atoms with Crippen LogP contribution in [0.3, 0.4) is 0 Å². The summed E-state index contributed by atoms with van der Waals surface area (Å²) in [4.78, 5) is 24.8. The number of hydrogen-bond donors (Lipinski definition) is 1. The molecule has 2 saturated heterocycles.